The lowest BCUT2D eigenvalue weighted by atomic mass is 10.2. The summed E-state index contributed by atoms with van der Waals surface area (Å²) in [5, 5.41) is 11.2. The monoisotopic (exact) mass is 326 g/mol. The van der Waals surface area contributed by atoms with E-state index in [1.807, 2.05) is 25.1 Å². The van der Waals surface area contributed by atoms with Gasteiger partial charge in [0.15, 0.2) is 5.82 Å². The standard InChI is InChI=1S/C16H18N6O2/c1-3-15(23)18-14-8-21(20-19-14)9-16(24)22-10(2)7-11-12(17)5-4-6-13(11)22/h4-8H,3,9,17H2,1-2H3,(H,18,23). The Bertz CT molecular complexity index is 924. The van der Waals surface area contributed by atoms with E-state index in [-0.39, 0.29) is 18.4 Å². The van der Waals surface area contributed by atoms with Crippen molar-refractivity contribution in [1.29, 1.82) is 0 Å². The zero-order valence-electron chi connectivity index (χ0n) is 13.5. The van der Waals surface area contributed by atoms with Crippen LogP contribution in [0.25, 0.3) is 10.9 Å². The van der Waals surface area contributed by atoms with Crippen molar-refractivity contribution in [3.63, 3.8) is 0 Å². The SMILES string of the molecule is CCC(=O)Nc1cn(CC(=O)n2c(C)cc3c(N)cccc32)nn1. The molecule has 0 unspecified atom stereocenters. The van der Waals surface area contributed by atoms with E-state index >= 15 is 0 Å². The number of aromatic nitrogens is 4. The van der Waals surface area contributed by atoms with Crippen molar-refractivity contribution in [1.82, 2.24) is 19.6 Å². The van der Waals surface area contributed by atoms with Gasteiger partial charge in [-0.1, -0.05) is 18.2 Å². The molecule has 8 nitrogen and oxygen atoms in total. The minimum absolute atomic E-state index is 0.00835. The maximum Gasteiger partial charge on any atom is 0.253 e. The first-order chi connectivity index (χ1) is 11.5. The van der Waals surface area contributed by atoms with Gasteiger partial charge in [-0.3, -0.25) is 14.2 Å². The molecule has 0 bridgehead atoms. The van der Waals surface area contributed by atoms with Gasteiger partial charge in [-0.25, -0.2) is 4.68 Å². The van der Waals surface area contributed by atoms with Gasteiger partial charge in [-0.15, -0.1) is 5.10 Å². The average Bonchev–Trinajstić information content (AvgIpc) is 3.11. The molecule has 0 aliphatic heterocycles. The fourth-order valence-electron chi connectivity index (χ4n) is 2.59. The zero-order valence-corrected chi connectivity index (χ0v) is 13.5. The van der Waals surface area contributed by atoms with Gasteiger partial charge in [0.2, 0.25) is 5.91 Å². The second kappa shape index (κ2) is 6.15. The van der Waals surface area contributed by atoms with Crippen LogP contribution in [0.1, 0.15) is 23.8 Å². The third-order valence-electron chi connectivity index (χ3n) is 3.74. The Kier molecular flexibility index (Phi) is 4.03. The van der Waals surface area contributed by atoms with Gasteiger partial charge in [0.05, 0.1) is 11.7 Å². The number of amides is 1. The van der Waals surface area contributed by atoms with Crippen LogP contribution >= 0.6 is 0 Å². The highest BCUT2D eigenvalue weighted by Gasteiger charge is 2.15. The topological polar surface area (TPSA) is 108 Å². The first kappa shape index (κ1) is 15.7. The molecule has 124 valence electrons. The third-order valence-corrected chi connectivity index (χ3v) is 3.74. The summed E-state index contributed by atoms with van der Waals surface area (Å²) in [4.78, 5) is 24.0. The van der Waals surface area contributed by atoms with Crippen LogP contribution in [0.2, 0.25) is 0 Å². The average molecular weight is 326 g/mol. The second-order valence-electron chi connectivity index (χ2n) is 5.50. The lowest BCUT2D eigenvalue weighted by Gasteiger charge is -2.07. The maximum absolute atomic E-state index is 12.7. The van der Waals surface area contributed by atoms with E-state index in [0.717, 1.165) is 16.6 Å². The highest BCUT2D eigenvalue weighted by atomic mass is 16.2. The number of fused-ring (bicyclic) bond motifs is 1. The molecule has 0 radical (unpaired) electrons. The summed E-state index contributed by atoms with van der Waals surface area (Å²) < 4.78 is 3.00. The fourth-order valence-corrected chi connectivity index (χ4v) is 2.59. The number of hydrogen-bond donors (Lipinski definition) is 2. The minimum Gasteiger partial charge on any atom is -0.398 e. The van der Waals surface area contributed by atoms with Gasteiger partial charge in [-0.2, -0.15) is 0 Å². The fraction of sp³-hybridized carbons (Fsp3) is 0.250. The second-order valence-corrected chi connectivity index (χ2v) is 5.50. The van der Waals surface area contributed by atoms with E-state index in [2.05, 4.69) is 15.6 Å². The number of carbonyl (C=O) groups excluding carboxylic acids is 2. The Morgan fingerprint density at radius 1 is 1.33 bits per heavy atom. The summed E-state index contributed by atoms with van der Waals surface area (Å²) >= 11 is 0. The van der Waals surface area contributed by atoms with Crippen LogP contribution in [0.3, 0.4) is 0 Å². The predicted octanol–water partition coefficient (Wildman–Crippen LogP) is 1.81. The highest BCUT2D eigenvalue weighted by Crippen LogP contribution is 2.24. The maximum atomic E-state index is 12.7. The van der Waals surface area contributed by atoms with Gasteiger partial charge < -0.3 is 11.1 Å². The molecule has 3 aromatic rings. The van der Waals surface area contributed by atoms with Gasteiger partial charge >= 0.3 is 0 Å². The Morgan fingerprint density at radius 3 is 2.88 bits per heavy atom. The van der Waals surface area contributed by atoms with E-state index in [1.54, 1.807) is 17.6 Å². The van der Waals surface area contributed by atoms with Crippen LogP contribution in [-0.4, -0.2) is 31.4 Å². The molecule has 8 heteroatoms. The Morgan fingerprint density at radius 2 is 2.12 bits per heavy atom. The molecule has 0 aliphatic carbocycles. The number of aryl methyl sites for hydroxylation is 1. The van der Waals surface area contributed by atoms with Crippen molar-refractivity contribution in [2.24, 2.45) is 0 Å². The van der Waals surface area contributed by atoms with Gasteiger partial charge in [-0.05, 0) is 25.1 Å². The van der Waals surface area contributed by atoms with Crippen LogP contribution < -0.4 is 11.1 Å². The number of hydrogen-bond acceptors (Lipinski definition) is 5. The van der Waals surface area contributed by atoms with Crippen LogP contribution in [0.5, 0.6) is 0 Å². The van der Waals surface area contributed by atoms with Crippen molar-refractivity contribution in [2.45, 2.75) is 26.8 Å². The van der Waals surface area contributed by atoms with Crippen molar-refractivity contribution in [3.05, 3.63) is 36.2 Å². The van der Waals surface area contributed by atoms with Crippen molar-refractivity contribution >= 4 is 34.2 Å². The smallest absolute Gasteiger partial charge is 0.253 e. The molecule has 0 aliphatic rings. The summed E-state index contributed by atoms with van der Waals surface area (Å²) in [5.41, 5.74) is 8.15. The number of benzene rings is 1. The molecule has 0 fully saturated rings. The quantitative estimate of drug-likeness (QED) is 0.711. The normalized spacial score (nSPS) is 10.9. The highest BCUT2D eigenvalue weighted by molar-refractivity contribution is 5.99. The number of rotatable bonds is 4. The lowest BCUT2D eigenvalue weighted by Crippen LogP contribution is -2.19. The summed E-state index contributed by atoms with van der Waals surface area (Å²) in [6, 6.07) is 7.35. The Hall–Kier alpha value is -3.16. The summed E-state index contributed by atoms with van der Waals surface area (Å²) in [6.07, 6.45) is 1.88. The zero-order chi connectivity index (χ0) is 17.3. The molecule has 0 atom stereocenters. The molecule has 3 rings (SSSR count). The van der Waals surface area contributed by atoms with Gasteiger partial charge in [0, 0.05) is 23.2 Å². The van der Waals surface area contributed by atoms with Crippen LogP contribution in [-0.2, 0) is 11.3 Å². The molecular formula is C16H18N6O2. The number of carbonyl (C=O) groups is 2. The molecule has 0 spiro atoms. The molecule has 24 heavy (non-hydrogen) atoms. The number of anilines is 2. The van der Waals surface area contributed by atoms with Crippen molar-refractivity contribution < 1.29 is 9.59 Å². The van der Waals surface area contributed by atoms with E-state index in [0.29, 0.717) is 17.9 Å². The van der Waals surface area contributed by atoms with E-state index in [4.69, 9.17) is 5.73 Å². The molecule has 0 saturated carbocycles. The number of nitrogen functional groups attached to an aromatic ring is 1. The molecule has 1 aromatic carbocycles. The van der Waals surface area contributed by atoms with E-state index < -0.39 is 0 Å². The lowest BCUT2D eigenvalue weighted by molar-refractivity contribution is -0.115. The molecule has 1 amide bonds. The number of nitrogens with two attached hydrogens (primary N) is 1. The van der Waals surface area contributed by atoms with Gasteiger partial charge in [0.1, 0.15) is 6.54 Å². The number of nitrogens with one attached hydrogen (secondary N) is 1. The largest absolute Gasteiger partial charge is 0.398 e. The molecule has 2 aromatic heterocycles. The van der Waals surface area contributed by atoms with E-state index in [1.165, 1.54) is 10.9 Å². The Balaban J connectivity index is 1.84. The Labute approximate surface area is 138 Å². The predicted molar refractivity (Wildman–Crippen MR) is 90.7 cm³/mol. The summed E-state index contributed by atoms with van der Waals surface area (Å²) in [5.74, 6) is 0.00967. The van der Waals surface area contributed by atoms with Crippen LogP contribution in [0.15, 0.2) is 30.5 Å². The van der Waals surface area contributed by atoms with Crippen LogP contribution in [0, 0.1) is 6.92 Å². The van der Waals surface area contributed by atoms with Crippen molar-refractivity contribution in [3.8, 4) is 0 Å². The first-order valence-electron chi connectivity index (χ1n) is 7.59. The van der Waals surface area contributed by atoms with Crippen molar-refractivity contribution in [2.75, 3.05) is 11.1 Å². The van der Waals surface area contributed by atoms with Gasteiger partial charge in [0.25, 0.3) is 5.91 Å². The molecule has 2 heterocycles. The molecular weight excluding hydrogens is 308 g/mol. The minimum atomic E-state index is -0.161. The van der Waals surface area contributed by atoms with E-state index in [9.17, 15) is 9.59 Å². The molecule has 0 saturated heterocycles. The first-order valence-corrected chi connectivity index (χ1v) is 7.59. The summed E-state index contributed by atoms with van der Waals surface area (Å²) in [6.45, 7) is 3.61. The van der Waals surface area contributed by atoms with Crippen LogP contribution in [0.4, 0.5) is 11.5 Å². The molecule has 3 N–H and O–H groups in total. The number of nitrogens with zero attached hydrogens (tertiary/aromatic N) is 4. The summed E-state index contributed by atoms with van der Waals surface area (Å²) in [7, 11) is 0. The third kappa shape index (κ3) is 2.85.